The lowest BCUT2D eigenvalue weighted by Crippen LogP contribution is -2.10. The highest BCUT2D eigenvalue weighted by Crippen LogP contribution is 2.33. The summed E-state index contributed by atoms with van der Waals surface area (Å²) in [6.07, 6.45) is 3.01. The van der Waals surface area contributed by atoms with E-state index in [4.69, 9.17) is 4.74 Å². The molecule has 3 aromatic rings. The third-order valence-corrected chi connectivity index (χ3v) is 5.29. The highest BCUT2D eigenvalue weighted by Gasteiger charge is 2.16. The third-order valence-electron chi connectivity index (χ3n) is 4.83. The first kappa shape index (κ1) is 24.7. The van der Waals surface area contributed by atoms with Crippen molar-refractivity contribution in [3.8, 4) is 5.88 Å². The minimum Gasteiger partial charge on any atom is -0.481 e. The summed E-state index contributed by atoms with van der Waals surface area (Å²) in [6, 6.07) is 6.29. The topological polar surface area (TPSA) is 64.1 Å². The van der Waals surface area contributed by atoms with Crippen LogP contribution in [0.1, 0.15) is 51.2 Å². The van der Waals surface area contributed by atoms with Crippen molar-refractivity contribution < 1.29 is 18.3 Å². The molecule has 0 fully saturated rings. The van der Waals surface area contributed by atoms with E-state index in [0.29, 0.717) is 28.3 Å². The van der Waals surface area contributed by atoms with E-state index in [1.54, 1.807) is 20.2 Å². The second-order valence-electron chi connectivity index (χ2n) is 7.00. The Hall–Kier alpha value is -2.61. The van der Waals surface area contributed by atoms with Gasteiger partial charge in [0.1, 0.15) is 11.6 Å². The number of carbonyl (C=O) groups is 1. The SMILES string of the molecule is CCC(C)c1c(NC(C)=O)cnc2nc(OC)ccc12.CCc1c(F)cc(Br)cc1F. The molecule has 1 N–H and O–H groups in total. The molecule has 1 aromatic carbocycles. The molecule has 0 radical (unpaired) electrons. The molecule has 0 saturated carbocycles. The van der Waals surface area contributed by atoms with Gasteiger partial charge in [-0.1, -0.05) is 36.7 Å². The molecule has 1 atom stereocenters. The Morgan fingerprint density at radius 3 is 2.39 bits per heavy atom. The van der Waals surface area contributed by atoms with Crippen LogP contribution >= 0.6 is 15.9 Å². The van der Waals surface area contributed by atoms with E-state index >= 15 is 0 Å². The van der Waals surface area contributed by atoms with Gasteiger partial charge in [-0.25, -0.2) is 13.8 Å². The molecule has 31 heavy (non-hydrogen) atoms. The lowest BCUT2D eigenvalue weighted by molar-refractivity contribution is -0.114. The van der Waals surface area contributed by atoms with Crippen LogP contribution in [0.25, 0.3) is 11.0 Å². The second-order valence-corrected chi connectivity index (χ2v) is 7.92. The van der Waals surface area contributed by atoms with Gasteiger partial charge in [0.05, 0.1) is 19.0 Å². The number of amides is 1. The lowest BCUT2D eigenvalue weighted by Gasteiger charge is -2.17. The van der Waals surface area contributed by atoms with Crippen LogP contribution in [0.5, 0.6) is 5.88 Å². The maximum Gasteiger partial charge on any atom is 0.221 e. The van der Waals surface area contributed by atoms with E-state index in [-0.39, 0.29) is 11.5 Å². The lowest BCUT2D eigenvalue weighted by atomic mass is 9.94. The van der Waals surface area contributed by atoms with E-state index in [1.807, 2.05) is 12.1 Å². The Labute approximate surface area is 189 Å². The Morgan fingerprint density at radius 2 is 1.87 bits per heavy atom. The number of hydrogen-bond donors (Lipinski definition) is 1. The quantitative estimate of drug-likeness (QED) is 0.446. The fourth-order valence-corrected chi connectivity index (χ4v) is 3.53. The number of anilines is 1. The zero-order valence-corrected chi connectivity index (χ0v) is 19.8. The maximum absolute atomic E-state index is 12.8. The van der Waals surface area contributed by atoms with Crippen LogP contribution in [0.2, 0.25) is 0 Å². The molecular weight excluding hydrogens is 468 g/mol. The minimum absolute atomic E-state index is 0.0998. The number of pyridine rings is 2. The number of fused-ring (bicyclic) bond motifs is 1. The zero-order valence-electron chi connectivity index (χ0n) is 18.2. The van der Waals surface area contributed by atoms with Crippen molar-refractivity contribution in [2.45, 2.75) is 46.5 Å². The summed E-state index contributed by atoms with van der Waals surface area (Å²) < 4.78 is 31.2. The largest absolute Gasteiger partial charge is 0.481 e. The minimum atomic E-state index is -0.487. The number of methoxy groups -OCH3 is 1. The number of nitrogens with one attached hydrogen (secondary N) is 1. The molecule has 8 heteroatoms. The third kappa shape index (κ3) is 6.19. The number of nitrogens with zero attached hydrogens (tertiary/aromatic N) is 2. The summed E-state index contributed by atoms with van der Waals surface area (Å²) in [4.78, 5) is 20.0. The fraction of sp³-hybridized carbons (Fsp3) is 0.348. The van der Waals surface area contributed by atoms with Crippen LogP contribution in [0, 0.1) is 11.6 Å². The monoisotopic (exact) mass is 493 g/mol. The van der Waals surface area contributed by atoms with Gasteiger partial charge in [-0.2, -0.15) is 4.98 Å². The summed E-state index contributed by atoms with van der Waals surface area (Å²) in [5.74, 6) is -0.235. The first-order valence-corrected chi connectivity index (χ1v) is 10.8. The molecule has 166 valence electrons. The molecule has 0 saturated heterocycles. The van der Waals surface area contributed by atoms with E-state index < -0.39 is 11.6 Å². The van der Waals surface area contributed by atoms with Gasteiger partial charge in [0.15, 0.2) is 5.65 Å². The average molecular weight is 494 g/mol. The molecule has 3 rings (SSSR count). The highest BCUT2D eigenvalue weighted by atomic mass is 79.9. The number of carbonyl (C=O) groups excluding carboxylic acids is 1. The average Bonchev–Trinajstić information content (AvgIpc) is 2.72. The summed E-state index contributed by atoms with van der Waals surface area (Å²) in [5.41, 5.74) is 2.61. The van der Waals surface area contributed by atoms with Crippen LogP contribution in [0.15, 0.2) is 34.9 Å². The van der Waals surface area contributed by atoms with Gasteiger partial charge < -0.3 is 10.1 Å². The first-order valence-electron chi connectivity index (χ1n) is 9.96. The standard InChI is InChI=1S/C15H19N3O2.C8H7BrF2/c1-5-9(2)14-11-6-7-13(20-4)18-15(11)16-8-12(14)17-10(3)19;1-2-6-7(10)3-5(9)4-8(6)11/h6-9H,5H2,1-4H3,(H,17,19);3-4H,2H2,1H3. The van der Waals surface area contributed by atoms with Gasteiger partial charge in [-0.15, -0.1) is 0 Å². The molecule has 0 bridgehead atoms. The number of halogens is 3. The van der Waals surface area contributed by atoms with Crippen molar-refractivity contribution in [3.05, 3.63) is 57.7 Å². The van der Waals surface area contributed by atoms with Crippen LogP contribution in [-0.2, 0) is 11.2 Å². The van der Waals surface area contributed by atoms with Gasteiger partial charge in [-0.05, 0) is 42.5 Å². The number of hydrogen-bond acceptors (Lipinski definition) is 4. The fourth-order valence-electron chi connectivity index (χ4n) is 3.13. The van der Waals surface area contributed by atoms with Crippen LogP contribution in [0.3, 0.4) is 0 Å². The van der Waals surface area contributed by atoms with Gasteiger partial charge in [-0.3, -0.25) is 4.79 Å². The van der Waals surface area contributed by atoms with Gasteiger partial charge >= 0.3 is 0 Å². The van der Waals surface area contributed by atoms with Crippen molar-refractivity contribution in [2.24, 2.45) is 0 Å². The summed E-state index contributed by atoms with van der Waals surface area (Å²) in [5, 5.41) is 3.80. The number of rotatable bonds is 5. The summed E-state index contributed by atoms with van der Waals surface area (Å²) in [7, 11) is 1.58. The van der Waals surface area contributed by atoms with Crippen LogP contribution in [-0.4, -0.2) is 23.0 Å². The Bertz CT molecular complexity index is 1050. The predicted octanol–water partition coefficient (Wildman–Crippen LogP) is 6.40. The zero-order chi connectivity index (χ0) is 23.1. The number of ether oxygens (including phenoxy) is 1. The second kappa shape index (κ2) is 11.1. The maximum atomic E-state index is 12.8. The van der Waals surface area contributed by atoms with Gasteiger partial charge in [0.25, 0.3) is 0 Å². The summed E-state index contributed by atoms with van der Waals surface area (Å²) in [6.45, 7) is 7.46. The van der Waals surface area contributed by atoms with Crippen molar-refractivity contribution in [1.29, 1.82) is 0 Å². The van der Waals surface area contributed by atoms with Crippen molar-refractivity contribution in [2.75, 3.05) is 12.4 Å². The normalized spacial score (nSPS) is 11.5. The Kier molecular flexibility index (Phi) is 8.86. The molecular formula is C23H26BrF2N3O2. The predicted molar refractivity (Wildman–Crippen MR) is 123 cm³/mol. The molecule has 0 spiro atoms. The van der Waals surface area contributed by atoms with E-state index in [0.717, 1.165) is 23.1 Å². The van der Waals surface area contributed by atoms with Gasteiger partial charge in [0, 0.05) is 28.4 Å². The van der Waals surface area contributed by atoms with E-state index in [9.17, 15) is 13.6 Å². The van der Waals surface area contributed by atoms with Crippen LogP contribution in [0.4, 0.5) is 14.5 Å². The molecule has 0 aliphatic carbocycles. The molecule has 0 aliphatic heterocycles. The van der Waals surface area contributed by atoms with Crippen molar-refractivity contribution >= 4 is 38.6 Å². The number of benzene rings is 1. The van der Waals surface area contributed by atoms with Crippen LogP contribution < -0.4 is 10.1 Å². The first-order chi connectivity index (χ1) is 14.7. The highest BCUT2D eigenvalue weighted by molar-refractivity contribution is 9.10. The summed E-state index contributed by atoms with van der Waals surface area (Å²) >= 11 is 3.00. The van der Waals surface area contributed by atoms with E-state index in [1.165, 1.54) is 19.1 Å². The Balaban J connectivity index is 0.000000262. The molecule has 5 nitrogen and oxygen atoms in total. The number of aromatic nitrogens is 2. The van der Waals surface area contributed by atoms with Gasteiger partial charge in [0.2, 0.25) is 11.8 Å². The molecule has 2 heterocycles. The van der Waals surface area contributed by atoms with E-state index in [2.05, 4.69) is 45.1 Å². The van der Waals surface area contributed by atoms with Crippen molar-refractivity contribution in [3.63, 3.8) is 0 Å². The Morgan fingerprint density at radius 1 is 1.23 bits per heavy atom. The molecule has 1 amide bonds. The van der Waals surface area contributed by atoms with Crippen molar-refractivity contribution in [1.82, 2.24) is 9.97 Å². The smallest absolute Gasteiger partial charge is 0.221 e. The molecule has 1 unspecified atom stereocenters. The molecule has 0 aliphatic rings. The molecule has 2 aromatic heterocycles.